The standard InChI is InChI=1S/C20H28N2O3/c1-4-17(12-22-7-9-24-10-8-22)21-19(23)11-16-13-25-20-15(3)14(2)5-6-18(16)20/h5-6,13,17H,4,7-12H2,1-3H3,(H,21,23). The number of hydrogen-bond donors (Lipinski definition) is 1. The number of fused-ring (bicyclic) bond motifs is 1. The van der Waals surface area contributed by atoms with Gasteiger partial charge in [-0.2, -0.15) is 0 Å². The third-order valence-corrected chi connectivity index (χ3v) is 5.13. The van der Waals surface area contributed by atoms with Gasteiger partial charge in [0.15, 0.2) is 0 Å². The zero-order valence-electron chi connectivity index (χ0n) is 15.4. The molecular formula is C20H28N2O3. The number of morpholine rings is 1. The molecule has 1 N–H and O–H groups in total. The first-order chi connectivity index (χ1) is 12.1. The average molecular weight is 344 g/mol. The summed E-state index contributed by atoms with van der Waals surface area (Å²) in [5.41, 5.74) is 4.19. The zero-order chi connectivity index (χ0) is 17.8. The normalized spacial score (nSPS) is 16.9. The Bertz CT molecular complexity index is 732. The lowest BCUT2D eigenvalue weighted by molar-refractivity contribution is -0.121. The Balaban J connectivity index is 1.62. The van der Waals surface area contributed by atoms with Gasteiger partial charge in [0, 0.05) is 36.6 Å². The van der Waals surface area contributed by atoms with Gasteiger partial charge in [0.05, 0.1) is 25.9 Å². The molecule has 5 nitrogen and oxygen atoms in total. The van der Waals surface area contributed by atoms with E-state index in [4.69, 9.17) is 9.15 Å². The summed E-state index contributed by atoms with van der Waals surface area (Å²) in [6.45, 7) is 10.6. The molecule has 1 aliphatic rings. The Kier molecular flexibility index (Phi) is 5.76. The molecule has 1 saturated heterocycles. The first kappa shape index (κ1) is 18.0. The fourth-order valence-corrected chi connectivity index (χ4v) is 3.35. The number of hydrogen-bond acceptors (Lipinski definition) is 4. The summed E-state index contributed by atoms with van der Waals surface area (Å²) in [7, 11) is 0. The molecule has 1 aromatic heterocycles. The maximum absolute atomic E-state index is 12.5. The van der Waals surface area contributed by atoms with Gasteiger partial charge < -0.3 is 14.5 Å². The van der Waals surface area contributed by atoms with E-state index >= 15 is 0 Å². The first-order valence-electron chi connectivity index (χ1n) is 9.14. The molecule has 1 unspecified atom stereocenters. The van der Waals surface area contributed by atoms with E-state index in [1.807, 2.05) is 0 Å². The Labute approximate surface area is 149 Å². The van der Waals surface area contributed by atoms with Crippen molar-refractivity contribution >= 4 is 16.9 Å². The van der Waals surface area contributed by atoms with Crippen molar-refractivity contribution in [1.29, 1.82) is 0 Å². The minimum absolute atomic E-state index is 0.0565. The maximum Gasteiger partial charge on any atom is 0.224 e. The van der Waals surface area contributed by atoms with Crippen LogP contribution in [-0.4, -0.2) is 49.7 Å². The van der Waals surface area contributed by atoms with Gasteiger partial charge >= 0.3 is 0 Å². The van der Waals surface area contributed by atoms with Crippen LogP contribution in [0.1, 0.15) is 30.0 Å². The van der Waals surface area contributed by atoms with Crippen molar-refractivity contribution < 1.29 is 13.9 Å². The number of furan rings is 1. The van der Waals surface area contributed by atoms with Crippen LogP contribution in [0.15, 0.2) is 22.8 Å². The Morgan fingerprint density at radius 1 is 1.28 bits per heavy atom. The second-order valence-corrected chi connectivity index (χ2v) is 6.91. The molecule has 0 radical (unpaired) electrons. The molecule has 0 saturated carbocycles. The third-order valence-electron chi connectivity index (χ3n) is 5.13. The van der Waals surface area contributed by atoms with Gasteiger partial charge in [0.25, 0.3) is 0 Å². The van der Waals surface area contributed by atoms with Crippen molar-refractivity contribution in [2.75, 3.05) is 32.8 Å². The molecule has 1 atom stereocenters. The summed E-state index contributed by atoms with van der Waals surface area (Å²) < 4.78 is 11.1. The minimum atomic E-state index is 0.0565. The van der Waals surface area contributed by atoms with Crippen molar-refractivity contribution in [3.05, 3.63) is 35.1 Å². The topological polar surface area (TPSA) is 54.7 Å². The molecule has 3 rings (SSSR count). The summed E-state index contributed by atoms with van der Waals surface area (Å²) >= 11 is 0. The molecule has 1 aromatic carbocycles. The molecule has 2 heterocycles. The first-order valence-corrected chi connectivity index (χ1v) is 9.14. The van der Waals surface area contributed by atoms with Crippen LogP contribution in [0, 0.1) is 13.8 Å². The summed E-state index contributed by atoms with van der Waals surface area (Å²) in [6.07, 6.45) is 3.00. The number of carbonyl (C=O) groups excluding carboxylic acids is 1. The van der Waals surface area contributed by atoms with E-state index in [0.29, 0.717) is 6.42 Å². The Morgan fingerprint density at radius 3 is 2.76 bits per heavy atom. The molecule has 5 heteroatoms. The lowest BCUT2D eigenvalue weighted by Crippen LogP contribution is -2.47. The van der Waals surface area contributed by atoms with Crippen molar-refractivity contribution in [3.63, 3.8) is 0 Å². The predicted molar refractivity (Wildman–Crippen MR) is 98.9 cm³/mol. The molecule has 2 aromatic rings. The molecule has 25 heavy (non-hydrogen) atoms. The lowest BCUT2D eigenvalue weighted by Gasteiger charge is -2.30. The number of benzene rings is 1. The van der Waals surface area contributed by atoms with Crippen LogP contribution >= 0.6 is 0 Å². The molecule has 0 spiro atoms. The van der Waals surface area contributed by atoms with Crippen LogP contribution in [0.25, 0.3) is 11.0 Å². The smallest absolute Gasteiger partial charge is 0.224 e. The number of nitrogens with one attached hydrogen (secondary N) is 1. The minimum Gasteiger partial charge on any atom is -0.464 e. The Morgan fingerprint density at radius 2 is 2.04 bits per heavy atom. The van der Waals surface area contributed by atoms with Crippen molar-refractivity contribution in [2.24, 2.45) is 0 Å². The fraction of sp³-hybridized carbons (Fsp3) is 0.550. The van der Waals surface area contributed by atoms with Gasteiger partial charge in [-0.05, 0) is 31.4 Å². The van der Waals surface area contributed by atoms with E-state index in [-0.39, 0.29) is 11.9 Å². The summed E-state index contributed by atoms with van der Waals surface area (Å²) in [4.78, 5) is 14.9. The van der Waals surface area contributed by atoms with Crippen molar-refractivity contribution in [1.82, 2.24) is 10.2 Å². The van der Waals surface area contributed by atoms with Crippen LogP contribution in [-0.2, 0) is 16.0 Å². The summed E-state index contributed by atoms with van der Waals surface area (Å²) in [5.74, 6) is 0.0565. The zero-order valence-corrected chi connectivity index (χ0v) is 15.4. The van der Waals surface area contributed by atoms with Crippen molar-refractivity contribution in [2.45, 2.75) is 39.7 Å². The lowest BCUT2D eigenvalue weighted by atomic mass is 10.0. The van der Waals surface area contributed by atoms with Gasteiger partial charge in [-0.15, -0.1) is 0 Å². The summed E-state index contributed by atoms with van der Waals surface area (Å²) in [6, 6.07) is 4.31. The van der Waals surface area contributed by atoms with Gasteiger partial charge in [-0.1, -0.05) is 19.1 Å². The highest BCUT2D eigenvalue weighted by atomic mass is 16.5. The molecule has 0 aliphatic carbocycles. The maximum atomic E-state index is 12.5. The number of ether oxygens (including phenoxy) is 1. The highest BCUT2D eigenvalue weighted by molar-refractivity contribution is 5.89. The Hall–Kier alpha value is -1.85. The number of carbonyl (C=O) groups is 1. The number of amides is 1. The van der Waals surface area contributed by atoms with E-state index in [9.17, 15) is 4.79 Å². The van der Waals surface area contributed by atoms with E-state index in [1.54, 1.807) is 6.26 Å². The molecule has 1 aliphatic heterocycles. The van der Waals surface area contributed by atoms with Crippen LogP contribution in [0.3, 0.4) is 0 Å². The quantitative estimate of drug-likeness (QED) is 0.875. The fourth-order valence-electron chi connectivity index (χ4n) is 3.35. The van der Waals surface area contributed by atoms with Crippen LogP contribution in [0.2, 0.25) is 0 Å². The van der Waals surface area contributed by atoms with Gasteiger partial charge in [0.1, 0.15) is 5.58 Å². The highest BCUT2D eigenvalue weighted by Crippen LogP contribution is 2.26. The van der Waals surface area contributed by atoms with E-state index in [0.717, 1.165) is 61.4 Å². The monoisotopic (exact) mass is 344 g/mol. The van der Waals surface area contributed by atoms with E-state index in [1.165, 1.54) is 5.56 Å². The molecule has 1 amide bonds. The highest BCUT2D eigenvalue weighted by Gasteiger charge is 2.18. The average Bonchev–Trinajstić information content (AvgIpc) is 3.02. The van der Waals surface area contributed by atoms with Gasteiger partial charge in [0.2, 0.25) is 5.91 Å². The van der Waals surface area contributed by atoms with Gasteiger partial charge in [-0.25, -0.2) is 0 Å². The summed E-state index contributed by atoms with van der Waals surface area (Å²) in [5, 5.41) is 4.22. The van der Waals surface area contributed by atoms with E-state index < -0.39 is 0 Å². The number of nitrogens with zero attached hydrogens (tertiary/aromatic N) is 1. The number of rotatable bonds is 6. The SMILES string of the molecule is CCC(CN1CCOCC1)NC(=O)Cc1coc2c(C)c(C)ccc12. The largest absolute Gasteiger partial charge is 0.464 e. The molecule has 1 fully saturated rings. The van der Waals surface area contributed by atoms with Gasteiger partial charge in [-0.3, -0.25) is 9.69 Å². The third kappa shape index (κ3) is 4.22. The van der Waals surface area contributed by atoms with Crippen LogP contribution < -0.4 is 5.32 Å². The molecular weight excluding hydrogens is 316 g/mol. The molecule has 136 valence electrons. The van der Waals surface area contributed by atoms with Crippen LogP contribution in [0.5, 0.6) is 0 Å². The predicted octanol–water partition coefficient (Wildman–Crippen LogP) is 2.82. The van der Waals surface area contributed by atoms with Crippen LogP contribution in [0.4, 0.5) is 0 Å². The molecule has 0 bridgehead atoms. The number of aryl methyl sites for hydroxylation is 2. The van der Waals surface area contributed by atoms with E-state index in [2.05, 4.69) is 43.1 Å². The second kappa shape index (κ2) is 8.02. The second-order valence-electron chi connectivity index (χ2n) is 6.91. The van der Waals surface area contributed by atoms with Crippen molar-refractivity contribution in [3.8, 4) is 0 Å².